The van der Waals surface area contributed by atoms with Crippen molar-refractivity contribution in [1.29, 1.82) is 0 Å². The van der Waals surface area contributed by atoms with Gasteiger partial charge in [-0.1, -0.05) is 11.6 Å². The van der Waals surface area contributed by atoms with Crippen molar-refractivity contribution in [2.45, 2.75) is 51.2 Å². The number of rotatable bonds is 4. The zero-order valence-electron chi connectivity index (χ0n) is 7.66. The SMILES string of the molecule is CC(O)CCCC1=CC(O)CC1. The lowest BCUT2D eigenvalue weighted by Gasteiger charge is -2.03. The summed E-state index contributed by atoms with van der Waals surface area (Å²) in [6.07, 6.45) is 6.46. The quantitative estimate of drug-likeness (QED) is 0.629. The van der Waals surface area contributed by atoms with Crippen molar-refractivity contribution in [3.05, 3.63) is 11.6 Å². The highest BCUT2D eigenvalue weighted by atomic mass is 16.3. The average molecular weight is 170 g/mol. The van der Waals surface area contributed by atoms with Gasteiger partial charge in [0.25, 0.3) is 0 Å². The molecule has 1 rings (SSSR count). The zero-order valence-corrected chi connectivity index (χ0v) is 7.66. The average Bonchev–Trinajstić information content (AvgIpc) is 2.35. The van der Waals surface area contributed by atoms with E-state index in [1.807, 2.05) is 13.0 Å². The maximum absolute atomic E-state index is 9.18. The standard InChI is InChI=1S/C10H18O2/c1-8(11)3-2-4-9-5-6-10(12)7-9/h7-8,10-12H,2-6H2,1H3. The first kappa shape index (κ1) is 9.75. The second-order valence-electron chi connectivity index (χ2n) is 3.67. The summed E-state index contributed by atoms with van der Waals surface area (Å²) in [5, 5.41) is 18.2. The van der Waals surface area contributed by atoms with Gasteiger partial charge in [0.05, 0.1) is 12.2 Å². The molecule has 0 bridgehead atoms. The van der Waals surface area contributed by atoms with Crippen LogP contribution in [0.5, 0.6) is 0 Å². The number of aliphatic hydroxyl groups is 2. The second-order valence-corrected chi connectivity index (χ2v) is 3.67. The van der Waals surface area contributed by atoms with E-state index in [1.165, 1.54) is 5.57 Å². The van der Waals surface area contributed by atoms with Crippen LogP contribution in [-0.2, 0) is 0 Å². The Labute approximate surface area is 73.9 Å². The van der Waals surface area contributed by atoms with E-state index in [0.29, 0.717) is 0 Å². The van der Waals surface area contributed by atoms with Gasteiger partial charge in [-0.15, -0.1) is 0 Å². The third-order valence-electron chi connectivity index (χ3n) is 2.31. The summed E-state index contributed by atoms with van der Waals surface area (Å²) in [6, 6.07) is 0. The molecule has 0 heterocycles. The van der Waals surface area contributed by atoms with Gasteiger partial charge in [-0.25, -0.2) is 0 Å². The Morgan fingerprint density at radius 2 is 2.42 bits per heavy atom. The van der Waals surface area contributed by atoms with Gasteiger partial charge in [-0.3, -0.25) is 0 Å². The van der Waals surface area contributed by atoms with E-state index in [-0.39, 0.29) is 12.2 Å². The third-order valence-corrected chi connectivity index (χ3v) is 2.31. The maximum Gasteiger partial charge on any atom is 0.0726 e. The number of hydrogen-bond acceptors (Lipinski definition) is 2. The normalized spacial score (nSPS) is 25.6. The Morgan fingerprint density at radius 1 is 1.67 bits per heavy atom. The molecule has 2 N–H and O–H groups in total. The van der Waals surface area contributed by atoms with Crippen molar-refractivity contribution >= 4 is 0 Å². The van der Waals surface area contributed by atoms with Crippen molar-refractivity contribution in [2.75, 3.05) is 0 Å². The topological polar surface area (TPSA) is 40.5 Å². The van der Waals surface area contributed by atoms with Gasteiger partial charge in [0.15, 0.2) is 0 Å². The minimum absolute atomic E-state index is 0.183. The first-order chi connectivity index (χ1) is 5.68. The van der Waals surface area contributed by atoms with Crippen molar-refractivity contribution in [2.24, 2.45) is 0 Å². The van der Waals surface area contributed by atoms with Gasteiger partial charge in [-0.2, -0.15) is 0 Å². The fourth-order valence-electron chi connectivity index (χ4n) is 1.60. The smallest absolute Gasteiger partial charge is 0.0726 e. The van der Waals surface area contributed by atoms with Gasteiger partial charge in [0.1, 0.15) is 0 Å². The first-order valence-electron chi connectivity index (χ1n) is 4.74. The molecule has 1 aliphatic rings. The van der Waals surface area contributed by atoms with E-state index >= 15 is 0 Å². The Bertz CT molecular complexity index is 161. The lowest BCUT2D eigenvalue weighted by Crippen LogP contribution is -1.98. The molecule has 0 aromatic rings. The monoisotopic (exact) mass is 170 g/mol. The molecule has 2 atom stereocenters. The van der Waals surface area contributed by atoms with Crippen molar-refractivity contribution in [3.63, 3.8) is 0 Å². The molecule has 0 amide bonds. The van der Waals surface area contributed by atoms with Gasteiger partial charge >= 0.3 is 0 Å². The molecule has 12 heavy (non-hydrogen) atoms. The number of hydrogen-bond donors (Lipinski definition) is 2. The Morgan fingerprint density at radius 3 is 2.92 bits per heavy atom. The van der Waals surface area contributed by atoms with E-state index in [1.54, 1.807) is 0 Å². The lowest BCUT2D eigenvalue weighted by atomic mass is 10.1. The van der Waals surface area contributed by atoms with E-state index < -0.39 is 0 Å². The molecule has 0 saturated heterocycles. The molecule has 70 valence electrons. The van der Waals surface area contributed by atoms with Crippen LogP contribution in [-0.4, -0.2) is 22.4 Å². The summed E-state index contributed by atoms with van der Waals surface area (Å²) in [5.41, 5.74) is 1.36. The molecule has 0 radical (unpaired) electrons. The Kier molecular flexibility index (Phi) is 3.76. The number of allylic oxidation sites excluding steroid dienone is 1. The van der Waals surface area contributed by atoms with Crippen LogP contribution in [0.2, 0.25) is 0 Å². The third kappa shape index (κ3) is 3.37. The van der Waals surface area contributed by atoms with Crippen LogP contribution < -0.4 is 0 Å². The van der Waals surface area contributed by atoms with E-state index in [4.69, 9.17) is 5.11 Å². The summed E-state index contributed by atoms with van der Waals surface area (Å²) < 4.78 is 0. The van der Waals surface area contributed by atoms with Crippen LogP contribution >= 0.6 is 0 Å². The second kappa shape index (κ2) is 4.63. The van der Waals surface area contributed by atoms with Crippen molar-refractivity contribution in [3.8, 4) is 0 Å². The van der Waals surface area contributed by atoms with Crippen LogP contribution in [0.15, 0.2) is 11.6 Å². The molecule has 2 nitrogen and oxygen atoms in total. The summed E-state index contributed by atoms with van der Waals surface area (Å²) in [4.78, 5) is 0. The molecule has 0 aromatic heterocycles. The highest BCUT2D eigenvalue weighted by Crippen LogP contribution is 2.23. The van der Waals surface area contributed by atoms with Gasteiger partial charge in [0.2, 0.25) is 0 Å². The molecule has 1 aliphatic carbocycles. The highest BCUT2D eigenvalue weighted by Gasteiger charge is 2.12. The number of aliphatic hydroxyl groups excluding tert-OH is 2. The Balaban J connectivity index is 2.11. The van der Waals surface area contributed by atoms with E-state index in [2.05, 4.69) is 0 Å². The molecular weight excluding hydrogens is 152 g/mol. The van der Waals surface area contributed by atoms with Crippen LogP contribution in [0.1, 0.15) is 39.0 Å². The Hall–Kier alpha value is -0.340. The predicted octanol–water partition coefficient (Wildman–Crippen LogP) is 1.62. The van der Waals surface area contributed by atoms with Gasteiger partial charge < -0.3 is 10.2 Å². The molecule has 2 unspecified atom stereocenters. The molecule has 0 saturated carbocycles. The van der Waals surface area contributed by atoms with Gasteiger partial charge in [0, 0.05) is 0 Å². The largest absolute Gasteiger partial charge is 0.393 e. The van der Waals surface area contributed by atoms with Crippen molar-refractivity contribution < 1.29 is 10.2 Å². The summed E-state index contributed by atoms with van der Waals surface area (Å²) in [7, 11) is 0. The minimum Gasteiger partial charge on any atom is -0.393 e. The molecule has 2 heteroatoms. The summed E-state index contributed by atoms with van der Waals surface area (Å²) in [6.45, 7) is 1.82. The fourth-order valence-corrected chi connectivity index (χ4v) is 1.60. The molecule has 0 spiro atoms. The summed E-state index contributed by atoms with van der Waals surface area (Å²) in [5.74, 6) is 0. The minimum atomic E-state index is -0.202. The van der Waals surface area contributed by atoms with Crippen LogP contribution in [0.4, 0.5) is 0 Å². The highest BCUT2D eigenvalue weighted by molar-refractivity contribution is 5.11. The first-order valence-corrected chi connectivity index (χ1v) is 4.74. The van der Waals surface area contributed by atoms with Crippen LogP contribution in [0.3, 0.4) is 0 Å². The zero-order chi connectivity index (χ0) is 8.97. The summed E-state index contributed by atoms with van der Waals surface area (Å²) >= 11 is 0. The molecule has 0 fully saturated rings. The lowest BCUT2D eigenvalue weighted by molar-refractivity contribution is 0.181. The van der Waals surface area contributed by atoms with E-state index in [9.17, 15) is 5.11 Å². The molecule has 0 aliphatic heterocycles. The predicted molar refractivity (Wildman–Crippen MR) is 48.9 cm³/mol. The van der Waals surface area contributed by atoms with Crippen LogP contribution in [0.25, 0.3) is 0 Å². The van der Waals surface area contributed by atoms with Crippen LogP contribution in [0, 0.1) is 0 Å². The van der Waals surface area contributed by atoms with E-state index in [0.717, 1.165) is 32.1 Å². The van der Waals surface area contributed by atoms with Gasteiger partial charge in [-0.05, 0) is 39.0 Å². The maximum atomic E-state index is 9.18. The molecular formula is C10H18O2. The fraction of sp³-hybridized carbons (Fsp3) is 0.800. The molecule has 0 aromatic carbocycles. The van der Waals surface area contributed by atoms with Crippen molar-refractivity contribution in [1.82, 2.24) is 0 Å².